The van der Waals surface area contributed by atoms with Crippen LogP contribution in [0.1, 0.15) is 37.3 Å². The van der Waals surface area contributed by atoms with E-state index < -0.39 is 42.4 Å². The molecule has 0 spiro atoms. The second-order valence-corrected chi connectivity index (χ2v) is 12.0. The Balaban J connectivity index is 1.26. The van der Waals surface area contributed by atoms with Crippen molar-refractivity contribution in [3.8, 4) is 11.3 Å². The number of hydrogen-bond acceptors (Lipinski definition) is 10. The molecule has 4 aromatic heterocycles. The van der Waals surface area contributed by atoms with E-state index in [-0.39, 0.29) is 17.7 Å². The van der Waals surface area contributed by atoms with E-state index in [0.29, 0.717) is 27.8 Å². The lowest BCUT2D eigenvalue weighted by atomic mass is 10.1. The summed E-state index contributed by atoms with van der Waals surface area (Å²) in [5.74, 6) is -1.92. The fourth-order valence-corrected chi connectivity index (χ4v) is 6.45. The number of hydrogen-bond donors (Lipinski definition) is 0. The SMILES string of the molecule is Cn1ccc2c1c1c(-c3ccoc3)ncnc1n2[C@@H]1O[C@H](COC(=O)c2ccccc2)[C@@H](OC(=O)c2ccccc2)[C@H]1OC(=O)c1ccccc1. The second kappa shape index (κ2) is 13.4. The summed E-state index contributed by atoms with van der Waals surface area (Å²) >= 11 is 0. The highest BCUT2D eigenvalue weighted by Crippen LogP contribution is 2.42. The number of ether oxygens (including phenoxy) is 4. The van der Waals surface area contributed by atoms with Gasteiger partial charge in [-0.05, 0) is 48.5 Å². The molecule has 0 aliphatic carbocycles. The van der Waals surface area contributed by atoms with Crippen molar-refractivity contribution in [3.05, 3.63) is 145 Å². The van der Waals surface area contributed by atoms with Crippen LogP contribution >= 0.6 is 0 Å². The highest BCUT2D eigenvalue weighted by Gasteiger charge is 2.52. The minimum Gasteiger partial charge on any atom is -0.472 e. The first-order valence-electron chi connectivity index (χ1n) is 16.2. The lowest BCUT2D eigenvalue weighted by molar-refractivity contribution is -0.0588. The first-order chi connectivity index (χ1) is 25.0. The second-order valence-electron chi connectivity index (χ2n) is 12.0. The third-order valence-corrected chi connectivity index (χ3v) is 8.83. The number of esters is 3. The first-order valence-corrected chi connectivity index (χ1v) is 16.2. The van der Waals surface area contributed by atoms with Gasteiger partial charge in [0.2, 0.25) is 0 Å². The maximum absolute atomic E-state index is 13.8. The van der Waals surface area contributed by atoms with Crippen LogP contribution in [0.4, 0.5) is 0 Å². The Bertz CT molecular complexity index is 2340. The van der Waals surface area contributed by atoms with Gasteiger partial charge in [0.25, 0.3) is 0 Å². The highest BCUT2D eigenvalue weighted by atomic mass is 16.7. The molecule has 12 heteroatoms. The molecule has 51 heavy (non-hydrogen) atoms. The molecule has 1 saturated heterocycles. The van der Waals surface area contributed by atoms with Crippen molar-refractivity contribution in [2.24, 2.45) is 7.05 Å². The van der Waals surface area contributed by atoms with Crippen LogP contribution in [0.2, 0.25) is 0 Å². The molecule has 1 aliphatic heterocycles. The lowest BCUT2D eigenvalue weighted by Crippen LogP contribution is -2.41. The van der Waals surface area contributed by atoms with Gasteiger partial charge in [-0.15, -0.1) is 0 Å². The van der Waals surface area contributed by atoms with E-state index in [2.05, 4.69) is 9.97 Å². The molecule has 0 N–H and O–H groups in total. The predicted molar refractivity (Wildman–Crippen MR) is 184 cm³/mol. The summed E-state index contributed by atoms with van der Waals surface area (Å²) in [5, 5.41) is 0.704. The third kappa shape index (κ3) is 5.91. The van der Waals surface area contributed by atoms with E-state index in [1.807, 2.05) is 23.9 Å². The molecule has 0 amide bonds. The van der Waals surface area contributed by atoms with Gasteiger partial charge < -0.3 is 27.9 Å². The minimum atomic E-state index is -1.22. The van der Waals surface area contributed by atoms with E-state index in [0.717, 1.165) is 11.1 Å². The molecule has 12 nitrogen and oxygen atoms in total. The van der Waals surface area contributed by atoms with Crippen LogP contribution in [-0.2, 0) is 26.0 Å². The van der Waals surface area contributed by atoms with E-state index >= 15 is 0 Å². The Morgan fingerprint density at radius 3 is 1.96 bits per heavy atom. The summed E-state index contributed by atoms with van der Waals surface area (Å²) in [6.45, 7) is -0.317. The molecule has 8 rings (SSSR count). The Morgan fingerprint density at radius 2 is 1.35 bits per heavy atom. The molecule has 0 radical (unpaired) electrons. The van der Waals surface area contributed by atoms with Crippen molar-refractivity contribution in [1.29, 1.82) is 0 Å². The van der Waals surface area contributed by atoms with Crippen LogP contribution in [0, 0.1) is 0 Å². The van der Waals surface area contributed by atoms with Gasteiger partial charge in [0.05, 0.1) is 51.3 Å². The van der Waals surface area contributed by atoms with Gasteiger partial charge in [0.15, 0.2) is 18.4 Å². The van der Waals surface area contributed by atoms with E-state index in [4.69, 9.17) is 23.4 Å². The number of carbonyl (C=O) groups is 3. The highest BCUT2D eigenvalue weighted by molar-refractivity contribution is 6.11. The van der Waals surface area contributed by atoms with Gasteiger partial charge in [-0.2, -0.15) is 0 Å². The molecule has 3 aromatic carbocycles. The van der Waals surface area contributed by atoms with Gasteiger partial charge >= 0.3 is 17.9 Å². The van der Waals surface area contributed by atoms with Crippen LogP contribution in [0.3, 0.4) is 0 Å². The van der Waals surface area contributed by atoms with Crippen LogP contribution in [0.5, 0.6) is 0 Å². The summed E-state index contributed by atoms with van der Waals surface area (Å²) < 4.78 is 33.9. The summed E-state index contributed by atoms with van der Waals surface area (Å²) in [5.41, 5.74) is 4.22. The van der Waals surface area contributed by atoms with Gasteiger partial charge in [-0.3, -0.25) is 4.57 Å². The summed E-state index contributed by atoms with van der Waals surface area (Å²) in [7, 11) is 1.90. The lowest BCUT2D eigenvalue weighted by Gasteiger charge is -2.25. The number of aryl methyl sites for hydroxylation is 1. The predicted octanol–water partition coefficient (Wildman–Crippen LogP) is 6.39. The molecule has 1 fully saturated rings. The molecular weight excluding hydrogens is 652 g/mol. The molecule has 5 heterocycles. The zero-order valence-electron chi connectivity index (χ0n) is 27.2. The summed E-state index contributed by atoms with van der Waals surface area (Å²) in [4.78, 5) is 49.8. The molecule has 0 unspecified atom stereocenters. The fraction of sp³-hybridized carbons (Fsp3) is 0.154. The maximum atomic E-state index is 13.8. The zero-order valence-corrected chi connectivity index (χ0v) is 27.2. The number of fused-ring (bicyclic) bond motifs is 3. The van der Waals surface area contributed by atoms with Crippen LogP contribution in [0.25, 0.3) is 33.3 Å². The van der Waals surface area contributed by atoms with Crippen molar-refractivity contribution in [3.63, 3.8) is 0 Å². The number of benzene rings is 3. The molecule has 254 valence electrons. The van der Waals surface area contributed by atoms with E-state index in [1.165, 1.54) is 6.33 Å². The first kappa shape index (κ1) is 31.7. The molecule has 1 aliphatic rings. The molecule has 7 aromatic rings. The standard InChI is InChI=1S/C39H30N4O8/c1-42-19-17-28-32(42)30-31(27-18-20-47-21-27)40-23-41-35(30)43(28)36-34(51-39(46)26-15-9-4-10-16-26)33(50-38(45)25-13-7-3-8-14-25)29(49-36)22-48-37(44)24-11-5-2-6-12-24/h2-21,23,29,33-34,36H,22H2,1H3/t29-,33-,34-,36-/m1/s1. The van der Waals surface area contributed by atoms with Gasteiger partial charge in [0, 0.05) is 18.8 Å². The van der Waals surface area contributed by atoms with Crippen molar-refractivity contribution >= 4 is 40.0 Å². The van der Waals surface area contributed by atoms with Crippen molar-refractivity contribution < 1.29 is 37.7 Å². The average Bonchev–Trinajstić information content (AvgIpc) is 3.97. The Labute approximate surface area is 290 Å². The number of nitrogens with zero attached hydrogens (tertiary/aromatic N) is 4. The third-order valence-electron chi connectivity index (χ3n) is 8.83. The maximum Gasteiger partial charge on any atom is 0.338 e. The molecular formula is C39H30N4O8. The van der Waals surface area contributed by atoms with Crippen molar-refractivity contribution in [1.82, 2.24) is 19.1 Å². The average molecular weight is 683 g/mol. The van der Waals surface area contributed by atoms with Crippen molar-refractivity contribution in [2.45, 2.75) is 24.5 Å². The number of aromatic nitrogens is 4. The normalized spacial score (nSPS) is 18.5. The van der Waals surface area contributed by atoms with Crippen molar-refractivity contribution in [2.75, 3.05) is 6.61 Å². The summed E-state index contributed by atoms with van der Waals surface area (Å²) in [6.07, 6.45) is 1.89. The van der Waals surface area contributed by atoms with Gasteiger partial charge in [-0.25, -0.2) is 24.4 Å². The van der Waals surface area contributed by atoms with Gasteiger partial charge in [-0.1, -0.05) is 54.6 Å². The molecule has 4 atom stereocenters. The topological polar surface area (TPSA) is 137 Å². The summed E-state index contributed by atoms with van der Waals surface area (Å²) in [6, 6.07) is 29.1. The minimum absolute atomic E-state index is 0.281. The quantitative estimate of drug-likeness (QED) is 0.124. The Hall–Kier alpha value is -6.53. The van der Waals surface area contributed by atoms with Crippen LogP contribution in [-0.4, -0.2) is 61.9 Å². The largest absolute Gasteiger partial charge is 0.472 e. The number of furan rings is 1. The van der Waals surface area contributed by atoms with Crippen LogP contribution in [0.15, 0.2) is 133 Å². The fourth-order valence-electron chi connectivity index (χ4n) is 6.45. The Morgan fingerprint density at radius 1 is 0.745 bits per heavy atom. The number of rotatable bonds is 9. The zero-order chi connectivity index (χ0) is 34.9. The van der Waals surface area contributed by atoms with Gasteiger partial charge in [0.1, 0.15) is 24.7 Å². The number of carbonyl (C=O) groups excluding carboxylic acids is 3. The smallest absolute Gasteiger partial charge is 0.338 e. The molecule has 0 bridgehead atoms. The molecule has 0 saturated carbocycles. The monoisotopic (exact) mass is 682 g/mol. The van der Waals surface area contributed by atoms with E-state index in [1.54, 1.807) is 114 Å². The van der Waals surface area contributed by atoms with E-state index in [9.17, 15) is 14.4 Å². The Kier molecular flexibility index (Phi) is 8.34. The van der Waals surface area contributed by atoms with Crippen LogP contribution < -0.4 is 0 Å².